The monoisotopic (exact) mass is 478 g/mol. The molecule has 5 aromatic rings. The number of nitrogens with zero attached hydrogens (tertiary/aromatic N) is 6. The summed E-state index contributed by atoms with van der Waals surface area (Å²) in [5.74, 6) is 0.576. The largest absolute Gasteiger partial charge is 0.276 e. The molecule has 0 aliphatic rings. The summed E-state index contributed by atoms with van der Waals surface area (Å²) in [6.07, 6.45) is 1.58. The molecule has 0 atom stereocenters. The maximum atomic E-state index is 13.0. The Morgan fingerprint density at radius 3 is 2.72 bits per heavy atom. The average molecular weight is 479 g/mol. The van der Waals surface area contributed by atoms with Crippen molar-refractivity contribution in [2.24, 2.45) is 0 Å². The molecule has 0 fully saturated rings. The lowest BCUT2D eigenvalue weighted by molar-refractivity contribution is 0.914. The number of pyridine rings is 2. The van der Waals surface area contributed by atoms with Crippen molar-refractivity contribution in [1.82, 2.24) is 24.1 Å². The van der Waals surface area contributed by atoms with E-state index in [0.29, 0.717) is 20.8 Å². The van der Waals surface area contributed by atoms with Crippen LogP contribution in [0, 0.1) is 11.3 Å². The van der Waals surface area contributed by atoms with E-state index in [1.807, 2.05) is 30.3 Å². The van der Waals surface area contributed by atoms with Gasteiger partial charge in [-0.1, -0.05) is 59.0 Å². The topological polar surface area (TPSA) is 106 Å². The molecule has 0 saturated heterocycles. The first-order chi connectivity index (χ1) is 15.6. The normalized spacial score (nSPS) is 11.1. The van der Waals surface area contributed by atoms with E-state index in [9.17, 15) is 14.9 Å². The number of hydrogen-bond acceptors (Lipinski definition) is 8. The van der Waals surface area contributed by atoms with Gasteiger partial charge >= 0.3 is 0 Å². The molecule has 0 radical (unpaired) electrons. The molecular weight excluding hydrogens is 468 g/mol. The molecule has 0 spiro atoms. The Morgan fingerprint density at radius 1 is 1.09 bits per heavy atom. The van der Waals surface area contributed by atoms with Crippen LogP contribution in [-0.2, 0) is 5.75 Å². The Bertz CT molecular complexity index is 1670. The number of fused-ring (bicyclic) bond motifs is 2. The van der Waals surface area contributed by atoms with Crippen molar-refractivity contribution in [2.45, 2.75) is 10.1 Å². The third-order valence-electron chi connectivity index (χ3n) is 4.70. The molecule has 8 nitrogen and oxygen atoms in total. The van der Waals surface area contributed by atoms with E-state index in [1.54, 1.807) is 24.4 Å². The van der Waals surface area contributed by atoms with Gasteiger partial charge in [0.2, 0.25) is 5.13 Å². The Balaban J connectivity index is 1.65. The van der Waals surface area contributed by atoms with Crippen molar-refractivity contribution < 1.29 is 0 Å². The zero-order valence-electron chi connectivity index (χ0n) is 16.1. The minimum absolute atomic E-state index is 0.129. The molecule has 156 valence electrons. The molecule has 32 heavy (non-hydrogen) atoms. The fourth-order valence-corrected chi connectivity index (χ4v) is 5.30. The van der Waals surface area contributed by atoms with E-state index in [-0.39, 0.29) is 27.3 Å². The first kappa shape index (κ1) is 20.4. The summed E-state index contributed by atoms with van der Waals surface area (Å²) in [5.41, 5.74) is 0.295. The molecule has 1 aromatic carbocycles. The first-order valence-corrected chi connectivity index (χ1v) is 11.4. The molecule has 0 unspecified atom stereocenters. The van der Waals surface area contributed by atoms with E-state index < -0.39 is 5.56 Å². The van der Waals surface area contributed by atoms with E-state index in [1.165, 1.54) is 38.1 Å². The first-order valence-electron chi connectivity index (χ1n) is 9.24. The van der Waals surface area contributed by atoms with Gasteiger partial charge in [0.25, 0.3) is 11.1 Å². The maximum Gasteiger partial charge on any atom is 0.276 e. The molecule has 4 aromatic heterocycles. The van der Waals surface area contributed by atoms with Crippen LogP contribution < -0.4 is 11.1 Å². The van der Waals surface area contributed by atoms with Gasteiger partial charge in [0.1, 0.15) is 17.3 Å². The van der Waals surface area contributed by atoms with E-state index in [0.717, 1.165) is 5.56 Å². The summed E-state index contributed by atoms with van der Waals surface area (Å²) in [7, 11) is 0. The van der Waals surface area contributed by atoms with Crippen LogP contribution in [0.25, 0.3) is 21.8 Å². The van der Waals surface area contributed by atoms with Crippen LogP contribution in [0.4, 0.5) is 0 Å². The highest BCUT2D eigenvalue weighted by Gasteiger charge is 2.19. The second-order valence-corrected chi connectivity index (χ2v) is 9.21. The van der Waals surface area contributed by atoms with Crippen LogP contribution in [0.2, 0.25) is 5.02 Å². The van der Waals surface area contributed by atoms with Gasteiger partial charge in [-0.3, -0.25) is 14.0 Å². The summed E-state index contributed by atoms with van der Waals surface area (Å²) in [4.78, 5) is 30.5. The molecule has 4 heterocycles. The minimum Gasteiger partial charge on any atom is -0.268 e. The fraction of sp³-hybridized carbons (Fsp3) is 0.0476. The zero-order chi connectivity index (χ0) is 22.2. The molecule has 5 rings (SSSR count). The van der Waals surface area contributed by atoms with E-state index >= 15 is 0 Å². The third-order valence-corrected chi connectivity index (χ3v) is 7.16. The summed E-state index contributed by atoms with van der Waals surface area (Å²) >= 11 is 8.81. The van der Waals surface area contributed by atoms with Crippen LogP contribution in [0.15, 0.2) is 68.7 Å². The van der Waals surface area contributed by atoms with Crippen molar-refractivity contribution >= 4 is 51.4 Å². The van der Waals surface area contributed by atoms with Gasteiger partial charge in [0.05, 0.1) is 5.39 Å². The van der Waals surface area contributed by atoms with Crippen molar-refractivity contribution in [1.29, 1.82) is 5.26 Å². The fourth-order valence-electron chi connectivity index (χ4n) is 3.17. The highest BCUT2D eigenvalue weighted by molar-refractivity contribution is 8.00. The molecule has 0 aliphatic carbocycles. The molecule has 0 amide bonds. The zero-order valence-corrected chi connectivity index (χ0v) is 18.5. The van der Waals surface area contributed by atoms with Gasteiger partial charge < -0.3 is 0 Å². The lowest BCUT2D eigenvalue weighted by Gasteiger charge is -2.08. The number of benzene rings is 1. The minimum atomic E-state index is -0.606. The Hall–Kier alpha value is -3.52. The van der Waals surface area contributed by atoms with Gasteiger partial charge in [0.15, 0.2) is 9.99 Å². The van der Waals surface area contributed by atoms with Gasteiger partial charge in [-0.25, -0.2) is 9.55 Å². The second-order valence-electron chi connectivity index (χ2n) is 6.62. The van der Waals surface area contributed by atoms with Crippen LogP contribution in [0.5, 0.6) is 0 Å². The van der Waals surface area contributed by atoms with Crippen molar-refractivity contribution in [3.05, 3.63) is 91.6 Å². The molecule has 0 N–H and O–H groups in total. The maximum absolute atomic E-state index is 13.0. The quantitative estimate of drug-likeness (QED) is 0.286. The lowest BCUT2D eigenvalue weighted by atomic mass is 10.2. The summed E-state index contributed by atoms with van der Waals surface area (Å²) in [6, 6.07) is 15.8. The number of thioether (sulfide) groups is 1. The number of halogens is 1. The number of rotatable bonds is 4. The van der Waals surface area contributed by atoms with Crippen molar-refractivity contribution in [2.75, 3.05) is 0 Å². The number of hydrogen-bond donors (Lipinski definition) is 0. The van der Waals surface area contributed by atoms with Crippen LogP contribution in [-0.4, -0.2) is 24.1 Å². The Labute approximate surface area is 193 Å². The Morgan fingerprint density at radius 2 is 1.91 bits per heavy atom. The van der Waals surface area contributed by atoms with Gasteiger partial charge in [0, 0.05) is 17.0 Å². The highest BCUT2D eigenvalue weighted by atomic mass is 35.5. The van der Waals surface area contributed by atoms with Crippen molar-refractivity contribution in [3.63, 3.8) is 0 Å². The van der Waals surface area contributed by atoms with Crippen LogP contribution in [0.1, 0.15) is 11.1 Å². The molecule has 0 bridgehead atoms. The second kappa shape index (κ2) is 8.20. The van der Waals surface area contributed by atoms with Crippen LogP contribution in [0.3, 0.4) is 0 Å². The van der Waals surface area contributed by atoms with Gasteiger partial charge in [-0.15, -0.1) is 10.2 Å². The molecule has 11 heteroatoms. The number of nitriles is 1. The molecule has 0 saturated carbocycles. The lowest BCUT2D eigenvalue weighted by Crippen LogP contribution is -2.26. The predicted molar refractivity (Wildman–Crippen MR) is 124 cm³/mol. The van der Waals surface area contributed by atoms with E-state index in [4.69, 9.17) is 11.6 Å². The summed E-state index contributed by atoms with van der Waals surface area (Å²) < 4.78 is 3.16. The van der Waals surface area contributed by atoms with E-state index in [2.05, 4.69) is 15.2 Å². The Kier molecular flexibility index (Phi) is 5.22. The number of aromatic nitrogens is 5. The van der Waals surface area contributed by atoms with Crippen molar-refractivity contribution in [3.8, 4) is 11.2 Å². The summed E-state index contributed by atoms with van der Waals surface area (Å²) in [5, 5.41) is 18.8. The highest BCUT2D eigenvalue weighted by Crippen LogP contribution is 2.30. The van der Waals surface area contributed by atoms with Gasteiger partial charge in [-0.2, -0.15) is 5.26 Å². The van der Waals surface area contributed by atoms with Gasteiger partial charge in [-0.05, 0) is 29.8 Å². The predicted octanol–water partition coefficient (Wildman–Crippen LogP) is 3.67. The molecule has 0 aliphatic heterocycles. The third kappa shape index (κ3) is 3.46. The standard InChI is InChI=1S/C21H11ClN6O2S2/c22-15-6-2-1-5-12(15)11-31-21-26-25-20(32-21)28-17-14(9-13(10-23)18(28)29)19(30)27-8-4-3-7-16(27)24-17/h1-9H,11H2. The smallest absolute Gasteiger partial charge is 0.268 e. The SMILES string of the molecule is N#Cc1cc2c(=O)n3ccccc3nc2n(-c2nnc(SCc3ccccc3Cl)s2)c1=O. The summed E-state index contributed by atoms with van der Waals surface area (Å²) in [6.45, 7) is 0. The average Bonchev–Trinajstić information content (AvgIpc) is 3.27. The van der Waals surface area contributed by atoms with Crippen LogP contribution >= 0.6 is 34.7 Å². The molecular formula is C21H11ClN6O2S2.